The lowest BCUT2D eigenvalue weighted by atomic mass is 9.78. The van der Waals surface area contributed by atoms with Crippen molar-refractivity contribution in [2.45, 2.75) is 44.0 Å². The Kier molecular flexibility index (Phi) is 6.44. The minimum Gasteiger partial charge on any atom is -0.349 e. The molecule has 4 nitrogen and oxygen atoms in total. The molecule has 1 N–H and O–H groups in total. The molecule has 2 aromatic rings. The van der Waals surface area contributed by atoms with Gasteiger partial charge in [0.05, 0.1) is 10.6 Å². The summed E-state index contributed by atoms with van der Waals surface area (Å²) in [5.74, 6) is 0.923. The van der Waals surface area contributed by atoms with E-state index in [2.05, 4.69) is 19.2 Å². The number of nitrogens with zero attached hydrogens (tertiary/aromatic N) is 1. The summed E-state index contributed by atoms with van der Waals surface area (Å²) in [7, 11) is 1.75. The number of likely N-dealkylation sites (N-methyl/N-ethyl adjacent to an activating group) is 1. The molecule has 1 saturated carbocycles. The van der Waals surface area contributed by atoms with E-state index in [9.17, 15) is 9.59 Å². The Hall–Kier alpha value is -2.24. The molecule has 0 bridgehead atoms. The first kappa shape index (κ1) is 22.0. The average Bonchev–Trinajstić information content (AvgIpc) is 2.75. The Morgan fingerprint density at radius 2 is 2.00 bits per heavy atom. The first-order chi connectivity index (χ1) is 14.8. The highest BCUT2D eigenvalue weighted by Crippen LogP contribution is 2.42. The van der Waals surface area contributed by atoms with Gasteiger partial charge in [-0.25, -0.2) is 0 Å². The van der Waals surface area contributed by atoms with Crippen molar-refractivity contribution in [1.29, 1.82) is 0 Å². The summed E-state index contributed by atoms with van der Waals surface area (Å²) in [6.45, 7) is 4.48. The van der Waals surface area contributed by atoms with Gasteiger partial charge in [0.25, 0.3) is 11.8 Å². The van der Waals surface area contributed by atoms with E-state index < -0.39 is 0 Å². The third-order valence-electron chi connectivity index (χ3n) is 6.49. The molecule has 1 heterocycles. The van der Waals surface area contributed by atoms with Crippen LogP contribution in [-0.4, -0.2) is 24.9 Å². The number of anilines is 1. The molecule has 0 aromatic heterocycles. The lowest BCUT2D eigenvalue weighted by Gasteiger charge is -2.34. The number of amides is 2. The van der Waals surface area contributed by atoms with E-state index in [0.29, 0.717) is 27.3 Å². The molecule has 31 heavy (non-hydrogen) atoms. The number of carbonyl (C=O) groups is 2. The van der Waals surface area contributed by atoms with Gasteiger partial charge >= 0.3 is 0 Å². The number of rotatable bonds is 3. The molecule has 0 radical (unpaired) electrons. The Labute approximate surface area is 193 Å². The molecule has 162 valence electrons. The van der Waals surface area contributed by atoms with Crippen LogP contribution in [0.2, 0.25) is 5.02 Å². The Bertz CT molecular complexity index is 1050. The number of carbonyl (C=O) groups excluding carboxylic acids is 2. The normalized spacial score (nSPS) is 24.8. The summed E-state index contributed by atoms with van der Waals surface area (Å²) in [6, 6.07) is 13.2. The highest BCUT2D eigenvalue weighted by Gasteiger charge is 2.30. The van der Waals surface area contributed by atoms with Gasteiger partial charge in [-0.1, -0.05) is 62.2 Å². The van der Waals surface area contributed by atoms with Gasteiger partial charge in [-0.15, -0.1) is 0 Å². The molecule has 4 rings (SSSR count). The number of nitrogens with one attached hydrogen (secondary N) is 1. The number of hydrogen-bond donors (Lipinski definition) is 1. The van der Waals surface area contributed by atoms with Crippen molar-refractivity contribution >= 4 is 46.9 Å². The van der Waals surface area contributed by atoms with Crippen LogP contribution in [-0.2, 0) is 4.79 Å². The number of hydrogen-bond acceptors (Lipinski definition) is 3. The van der Waals surface area contributed by atoms with Crippen molar-refractivity contribution in [1.82, 2.24) is 5.32 Å². The summed E-state index contributed by atoms with van der Waals surface area (Å²) in [5.41, 5.74) is 2.23. The van der Waals surface area contributed by atoms with E-state index in [-0.39, 0.29) is 17.9 Å². The molecule has 3 unspecified atom stereocenters. The minimum atomic E-state index is -0.0928. The molecule has 0 spiro atoms. The fourth-order valence-electron chi connectivity index (χ4n) is 4.32. The minimum absolute atomic E-state index is 0.0696. The van der Waals surface area contributed by atoms with Crippen molar-refractivity contribution in [3.8, 4) is 0 Å². The zero-order valence-corrected chi connectivity index (χ0v) is 19.6. The Balaban J connectivity index is 1.55. The van der Waals surface area contributed by atoms with Gasteiger partial charge in [0.2, 0.25) is 0 Å². The van der Waals surface area contributed by atoms with E-state index in [0.717, 1.165) is 29.0 Å². The van der Waals surface area contributed by atoms with Crippen LogP contribution in [0.25, 0.3) is 6.08 Å². The fourth-order valence-corrected chi connectivity index (χ4v) is 5.61. The van der Waals surface area contributed by atoms with Crippen LogP contribution in [0.15, 0.2) is 52.3 Å². The van der Waals surface area contributed by atoms with E-state index in [1.54, 1.807) is 11.9 Å². The quantitative estimate of drug-likeness (QED) is 0.578. The van der Waals surface area contributed by atoms with Gasteiger partial charge < -0.3 is 10.2 Å². The van der Waals surface area contributed by atoms with Crippen LogP contribution in [0.5, 0.6) is 0 Å². The van der Waals surface area contributed by atoms with Crippen LogP contribution in [0.3, 0.4) is 0 Å². The summed E-state index contributed by atoms with van der Waals surface area (Å²) in [5, 5.41) is 3.85. The highest BCUT2D eigenvalue weighted by molar-refractivity contribution is 8.04. The van der Waals surface area contributed by atoms with Crippen molar-refractivity contribution in [2.75, 3.05) is 11.9 Å². The topological polar surface area (TPSA) is 49.4 Å². The third-order valence-corrected chi connectivity index (χ3v) is 7.80. The van der Waals surface area contributed by atoms with Crippen molar-refractivity contribution in [3.05, 3.63) is 63.5 Å². The first-order valence-electron chi connectivity index (χ1n) is 10.7. The first-order valence-corrected chi connectivity index (χ1v) is 11.9. The summed E-state index contributed by atoms with van der Waals surface area (Å²) in [6.07, 6.45) is 5.25. The predicted octanol–water partition coefficient (Wildman–Crippen LogP) is 6.00. The molecule has 1 fully saturated rings. The molecular weight excluding hydrogens is 428 g/mol. The smallest absolute Gasteiger partial charge is 0.264 e. The number of benzene rings is 2. The molecule has 2 aromatic carbocycles. The molecule has 3 atom stereocenters. The molecule has 1 aliphatic carbocycles. The Morgan fingerprint density at radius 3 is 2.77 bits per heavy atom. The predicted molar refractivity (Wildman–Crippen MR) is 129 cm³/mol. The maximum absolute atomic E-state index is 13.0. The second-order valence-electron chi connectivity index (χ2n) is 8.56. The van der Waals surface area contributed by atoms with Crippen LogP contribution in [0.1, 0.15) is 49.0 Å². The molecule has 0 saturated heterocycles. The molecule has 6 heteroatoms. The van der Waals surface area contributed by atoms with Crippen molar-refractivity contribution < 1.29 is 9.59 Å². The number of fused-ring (bicyclic) bond motifs is 1. The van der Waals surface area contributed by atoms with Gasteiger partial charge in [0.15, 0.2) is 0 Å². The van der Waals surface area contributed by atoms with E-state index in [4.69, 9.17) is 11.6 Å². The lowest BCUT2D eigenvalue weighted by Crippen LogP contribution is -2.43. The number of halogens is 1. The third kappa shape index (κ3) is 4.68. The average molecular weight is 455 g/mol. The summed E-state index contributed by atoms with van der Waals surface area (Å²) in [4.78, 5) is 29.1. The summed E-state index contributed by atoms with van der Waals surface area (Å²) >= 11 is 7.49. The number of thioether (sulfide) groups is 1. The van der Waals surface area contributed by atoms with E-state index >= 15 is 0 Å². The van der Waals surface area contributed by atoms with Crippen molar-refractivity contribution in [2.24, 2.45) is 11.8 Å². The standard InChI is InChI=1S/C25H27ClN2O2S/c1-15-6-4-9-20(16(15)2)27-24(29)18-10-11-22-21(14-18)28(3)25(30)23(31-22)13-17-7-5-8-19(26)12-17/h5,7-8,10-16,20H,4,6,9H2,1-3H3,(H,27,29)/b23-13-. The van der Waals surface area contributed by atoms with Gasteiger partial charge in [-0.05, 0) is 60.2 Å². The molecular formula is C25H27ClN2O2S. The largest absolute Gasteiger partial charge is 0.349 e. The van der Waals surface area contributed by atoms with Crippen molar-refractivity contribution in [3.63, 3.8) is 0 Å². The fraction of sp³-hybridized carbons (Fsp3) is 0.360. The van der Waals surface area contributed by atoms with Gasteiger partial charge in [0, 0.05) is 28.6 Å². The zero-order chi connectivity index (χ0) is 22.1. The second-order valence-corrected chi connectivity index (χ2v) is 10.1. The highest BCUT2D eigenvalue weighted by atomic mass is 35.5. The monoisotopic (exact) mass is 454 g/mol. The maximum Gasteiger partial charge on any atom is 0.264 e. The van der Waals surface area contributed by atoms with Crippen LogP contribution >= 0.6 is 23.4 Å². The lowest BCUT2D eigenvalue weighted by molar-refractivity contribution is -0.114. The van der Waals surface area contributed by atoms with Gasteiger partial charge in [-0.2, -0.15) is 0 Å². The summed E-state index contributed by atoms with van der Waals surface area (Å²) < 4.78 is 0. The van der Waals surface area contributed by atoms with Gasteiger partial charge in [0.1, 0.15) is 0 Å². The maximum atomic E-state index is 13.0. The second kappa shape index (κ2) is 9.09. The molecule has 2 aliphatic rings. The van der Waals surface area contributed by atoms with Crippen LogP contribution < -0.4 is 10.2 Å². The van der Waals surface area contributed by atoms with E-state index in [1.165, 1.54) is 18.2 Å². The zero-order valence-electron chi connectivity index (χ0n) is 18.0. The van der Waals surface area contributed by atoms with E-state index in [1.807, 2.05) is 48.5 Å². The Morgan fingerprint density at radius 1 is 1.19 bits per heavy atom. The van der Waals surface area contributed by atoms with Gasteiger partial charge in [-0.3, -0.25) is 9.59 Å². The molecule has 1 aliphatic heterocycles. The van der Waals surface area contributed by atoms with Crippen LogP contribution in [0.4, 0.5) is 5.69 Å². The van der Waals surface area contributed by atoms with Crippen LogP contribution in [0, 0.1) is 11.8 Å². The SMILES string of the molecule is CC1CCCC(NC(=O)c2ccc3c(c2)N(C)C(=O)/C(=C/c2cccc(Cl)c2)S3)C1C. The molecule has 2 amide bonds.